The summed E-state index contributed by atoms with van der Waals surface area (Å²) in [5.41, 5.74) is 3.87. The SMILES string of the molecule is CC(=O)Oc1cc(C(=O)ON=C(C(=O)N[C@@H]2C(=O)N3C(C(=O)OC(c4ccccc4)c4ccccc4)=C(CSc4cc(C)nc5nc(C(=O)OC(c6ccccc6)c6ccccc6)nn45)CS[C@H]23)c2csc(NC(c3ccccc3)(c3ccccc3)c3ccccc3)n2)cc(OC(C)=O)c1OC(C)=O. The Balaban J connectivity index is 0.845. The van der Waals surface area contributed by atoms with Gasteiger partial charge >= 0.3 is 35.8 Å². The molecule has 2 amide bonds. The predicted octanol–water partition coefficient (Wildman–Crippen LogP) is 12.4. The van der Waals surface area contributed by atoms with E-state index in [1.165, 1.54) is 38.3 Å². The smallest absolute Gasteiger partial charge is 0.379 e. The Labute approximate surface area is 607 Å². The van der Waals surface area contributed by atoms with Crippen molar-refractivity contribution in [2.24, 2.45) is 5.16 Å². The Morgan fingerprint density at radius 2 is 1.07 bits per heavy atom. The summed E-state index contributed by atoms with van der Waals surface area (Å²) in [6.45, 7) is 4.90. The van der Waals surface area contributed by atoms with Gasteiger partial charge in [0.15, 0.2) is 34.6 Å². The van der Waals surface area contributed by atoms with Crippen molar-refractivity contribution in [3.8, 4) is 17.2 Å². The number of hydrogen-bond donors (Lipinski definition) is 2. The van der Waals surface area contributed by atoms with E-state index in [1.54, 1.807) is 13.0 Å². The molecule has 1 saturated heterocycles. The monoisotopic (exact) mass is 1440 g/mol. The summed E-state index contributed by atoms with van der Waals surface area (Å²) in [7, 11) is 0. The standard InChI is InChI=1S/C78H61N9O14S3/c1-46-40-62(87-76(79-46)82-69(84-87)75(95)100-67(52-30-16-7-17-31-52)53-32-18-8-19-33-53)102-43-55-44-103-72-64(71(92)86(72)65(55)74(94)99-66(50-26-12-5-13-27-50)51-28-14-6-15-29-51)81-70(91)63(85-101-73(93)54-41-60(96-47(2)88)68(98-49(4)90)61(42-54)97-48(3)89)59-45-104-77(80-59)83-78(56-34-20-9-21-35-56,57-36-22-10-23-37-57)58-38-24-11-25-39-58/h5-42,45,64,66-67,72H,43-44H2,1-4H3,(H,80,83)(H,81,91)/t64-,72-/m1/s1. The molecule has 2 aliphatic heterocycles. The number of thiazole rings is 1. The lowest BCUT2D eigenvalue weighted by Crippen LogP contribution is -2.71. The number of aromatic nitrogens is 5. The van der Waals surface area contributed by atoms with Crippen LogP contribution in [0, 0.1) is 6.92 Å². The molecule has 13 rings (SSSR count). The van der Waals surface area contributed by atoms with Crippen molar-refractivity contribution >= 4 is 99.1 Å². The Bertz CT molecular complexity index is 4920. The quantitative estimate of drug-likeness (QED) is 0.00654. The van der Waals surface area contributed by atoms with Crippen LogP contribution in [0.15, 0.2) is 257 Å². The third-order valence-electron chi connectivity index (χ3n) is 16.5. The van der Waals surface area contributed by atoms with Gasteiger partial charge in [0, 0.05) is 43.4 Å². The molecule has 0 spiro atoms. The van der Waals surface area contributed by atoms with Gasteiger partial charge in [-0.1, -0.05) is 217 Å². The highest BCUT2D eigenvalue weighted by molar-refractivity contribution is 8.01. The maximum absolute atomic E-state index is 15.4. The van der Waals surface area contributed by atoms with Crippen LogP contribution < -0.4 is 24.8 Å². The number of esters is 5. The lowest BCUT2D eigenvalue weighted by molar-refractivity contribution is -0.154. The highest BCUT2D eigenvalue weighted by Gasteiger charge is 2.55. The van der Waals surface area contributed by atoms with E-state index >= 15 is 14.4 Å². The summed E-state index contributed by atoms with van der Waals surface area (Å²) < 4.78 is 29.9. The molecule has 0 saturated carbocycles. The van der Waals surface area contributed by atoms with Crippen molar-refractivity contribution in [1.82, 2.24) is 34.8 Å². The zero-order valence-corrected chi connectivity index (χ0v) is 58.3. The number of carbonyl (C=O) groups is 8. The minimum atomic E-state index is -1.35. The number of rotatable bonds is 24. The number of amides is 2. The zero-order chi connectivity index (χ0) is 72.4. The maximum atomic E-state index is 15.4. The predicted molar refractivity (Wildman–Crippen MR) is 387 cm³/mol. The average molecular weight is 1440 g/mol. The Kier molecular flexibility index (Phi) is 21.0. The number of oxime groups is 1. The Morgan fingerprint density at radius 3 is 1.55 bits per heavy atom. The Morgan fingerprint density at radius 1 is 0.596 bits per heavy atom. The van der Waals surface area contributed by atoms with Gasteiger partial charge in [-0.2, -0.15) is 9.50 Å². The summed E-state index contributed by atoms with van der Waals surface area (Å²) in [5.74, 6) is -8.89. The minimum Gasteiger partial charge on any atom is -0.448 e. The number of ether oxygens (including phenoxy) is 5. The fraction of sp³-hybridized carbons (Fsp3) is 0.141. The highest BCUT2D eigenvalue weighted by Crippen LogP contribution is 2.45. The van der Waals surface area contributed by atoms with Gasteiger partial charge in [0.1, 0.15) is 33.4 Å². The third kappa shape index (κ3) is 15.3. The van der Waals surface area contributed by atoms with Crippen LogP contribution in [0.3, 0.4) is 0 Å². The van der Waals surface area contributed by atoms with Crippen LogP contribution in [0.2, 0.25) is 0 Å². The molecule has 8 aromatic carbocycles. The van der Waals surface area contributed by atoms with Gasteiger partial charge in [-0.3, -0.25) is 28.9 Å². The van der Waals surface area contributed by atoms with E-state index in [1.807, 2.05) is 212 Å². The molecular formula is C78H61N9O14S3. The van der Waals surface area contributed by atoms with Crippen molar-refractivity contribution < 1.29 is 66.9 Å². The molecule has 2 atom stereocenters. The first kappa shape index (κ1) is 70.1. The van der Waals surface area contributed by atoms with E-state index in [-0.39, 0.29) is 39.6 Å². The van der Waals surface area contributed by atoms with Gasteiger partial charge in [-0.25, -0.2) is 24.4 Å². The number of anilines is 1. The summed E-state index contributed by atoms with van der Waals surface area (Å²) in [6, 6.07) is 68.2. The number of thioether (sulfide) groups is 2. The highest BCUT2D eigenvalue weighted by atomic mass is 32.2. The Hall–Kier alpha value is -12.4. The van der Waals surface area contributed by atoms with Crippen LogP contribution in [0.4, 0.5) is 5.13 Å². The number of fused-ring (bicyclic) bond motifs is 2. The normalized spacial score (nSPS) is 14.2. The molecule has 11 aromatic rings. The third-order valence-corrected chi connectivity index (χ3v) is 19.7. The van der Waals surface area contributed by atoms with Gasteiger partial charge in [-0.15, -0.1) is 40.0 Å². The first-order chi connectivity index (χ1) is 50.5. The first-order valence-corrected chi connectivity index (χ1v) is 35.3. The van der Waals surface area contributed by atoms with Crippen LogP contribution in [0.1, 0.15) is 104 Å². The lowest BCUT2D eigenvalue weighted by atomic mass is 9.77. The molecule has 0 aliphatic carbocycles. The number of nitrogens with zero attached hydrogens (tertiary/aromatic N) is 7. The maximum Gasteiger partial charge on any atom is 0.379 e. The summed E-state index contributed by atoms with van der Waals surface area (Å²) in [4.78, 5) is 132. The number of nitrogens with one attached hydrogen (secondary N) is 2. The fourth-order valence-corrected chi connectivity index (χ4v) is 15.2. The molecule has 104 heavy (non-hydrogen) atoms. The molecule has 3 aromatic heterocycles. The molecule has 2 aliphatic rings. The molecule has 0 unspecified atom stereocenters. The molecule has 520 valence electrons. The van der Waals surface area contributed by atoms with E-state index < -0.39 is 105 Å². The second-order valence-electron chi connectivity index (χ2n) is 23.6. The topological polar surface area (TPSA) is 288 Å². The number of aryl methyl sites for hydroxylation is 1. The first-order valence-electron chi connectivity index (χ1n) is 32.4. The molecule has 2 N–H and O–H groups in total. The second kappa shape index (κ2) is 31.2. The zero-order valence-electron chi connectivity index (χ0n) is 55.8. The molecule has 23 nitrogen and oxygen atoms in total. The van der Waals surface area contributed by atoms with E-state index in [9.17, 15) is 24.0 Å². The van der Waals surface area contributed by atoms with E-state index in [0.717, 1.165) is 72.1 Å². The van der Waals surface area contributed by atoms with Gasteiger partial charge < -0.3 is 39.2 Å². The van der Waals surface area contributed by atoms with Crippen molar-refractivity contribution in [2.45, 2.75) is 61.9 Å². The van der Waals surface area contributed by atoms with Crippen molar-refractivity contribution in [1.29, 1.82) is 0 Å². The number of carbonyl (C=O) groups excluding carboxylic acids is 8. The molecule has 0 radical (unpaired) electrons. The number of hydrogen-bond acceptors (Lipinski definition) is 23. The van der Waals surface area contributed by atoms with Crippen molar-refractivity contribution in [3.63, 3.8) is 0 Å². The second-order valence-corrected chi connectivity index (χ2v) is 26.6. The van der Waals surface area contributed by atoms with Crippen LogP contribution in [-0.2, 0) is 48.6 Å². The van der Waals surface area contributed by atoms with Gasteiger partial charge in [0.25, 0.3) is 23.4 Å². The largest absolute Gasteiger partial charge is 0.448 e. The number of β-lactam (4-membered cyclic amide) rings is 1. The fourth-order valence-electron chi connectivity index (χ4n) is 11.9. The van der Waals surface area contributed by atoms with Crippen LogP contribution in [0.25, 0.3) is 5.78 Å². The van der Waals surface area contributed by atoms with E-state index in [2.05, 4.69) is 30.9 Å². The van der Waals surface area contributed by atoms with Crippen LogP contribution >= 0.6 is 34.9 Å². The van der Waals surface area contributed by atoms with Crippen LogP contribution in [-0.4, -0.2) is 106 Å². The summed E-state index contributed by atoms with van der Waals surface area (Å²) in [6.07, 6.45) is -1.74. The summed E-state index contributed by atoms with van der Waals surface area (Å²) in [5, 5.41) is 16.5. The van der Waals surface area contributed by atoms with Crippen molar-refractivity contribution in [2.75, 3.05) is 16.8 Å². The summed E-state index contributed by atoms with van der Waals surface area (Å²) >= 11 is 3.59. The molecule has 26 heteroatoms. The molecule has 0 bridgehead atoms. The van der Waals surface area contributed by atoms with E-state index in [0.29, 0.717) is 27.4 Å². The van der Waals surface area contributed by atoms with Gasteiger partial charge in [0.05, 0.1) is 5.56 Å². The molecule has 1 fully saturated rings. The minimum absolute atomic E-state index is 0.0638. The number of benzene rings is 8. The lowest BCUT2D eigenvalue weighted by Gasteiger charge is -2.49. The van der Waals surface area contributed by atoms with Gasteiger partial charge in [0.2, 0.25) is 5.75 Å². The van der Waals surface area contributed by atoms with Crippen molar-refractivity contribution in [3.05, 3.63) is 309 Å². The average Bonchev–Trinajstić information content (AvgIpc) is 0.853. The molecular weight excluding hydrogens is 1380 g/mol. The molecule has 5 heterocycles. The van der Waals surface area contributed by atoms with Crippen LogP contribution in [0.5, 0.6) is 17.2 Å². The van der Waals surface area contributed by atoms with Gasteiger partial charge in [-0.05, 0) is 69.6 Å². The van der Waals surface area contributed by atoms with E-state index in [4.69, 9.17) is 33.5 Å².